The van der Waals surface area contributed by atoms with Gasteiger partial charge in [-0.05, 0) is 48.9 Å². The molecule has 5 aromatic rings. The third kappa shape index (κ3) is 4.37. The van der Waals surface area contributed by atoms with E-state index in [1.165, 1.54) is 5.56 Å². The first-order valence-electron chi connectivity index (χ1n) is 10.5. The summed E-state index contributed by atoms with van der Waals surface area (Å²) in [5.41, 5.74) is 3.82. The molecule has 0 aliphatic rings. The Hall–Kier alpha value is -3.62. The molecule has 0 saturated heterocycles. The van der Waals surface area contributed by atoms with Crippen molar-refractivity contribution < 1.29 is 4.74 Å². The second kappa shape index (κ2) is 9.25. The van der Waals surface area contributed by atoms with Crippen LogP contribution < -0.4 is 10.1 Å². The number of aromatic amines is 1. The molecule has 8 heteroatoms. The SMILES string of the molecule is S=c1[nH]nc2c3ccccc3c(OCc3cccc(CNCCc4ccccc4)n3)nn12. The van der Waals surface area contributed by atoms with Gasteiger partial charge in [-0.15, -0.1) is 5.10 Å². The highest BCUT2D eigenvalue weighted by Gasteiger charge is 2.12. The summed E-state index contributed by atoms with van der Waals surface area (Å²) in [7, 11) is 0. The van der Waals surface area contributed by atoms with Gasteiger partial charge in [0, 0.05) is 17.3 Å². The number of rotatable bonds is 8. The van der Waals surface area contributed by atoms with Crippen LogP contribution in [0.2, 0.25) is 0 Å². The van der Waals surface area contributed by atoms with Gasteiger partial charge in [0.25, 0.3) is 0 Å². The number of ether oxygens (including phenoxy) is 1. The average Bonchev–Trinajstić information content (AvgIpc) is 3.22. The van der Waals surface area contributed by atoms with E-state index in [1.54, 1.807) is 4.52 Å². The molecule has 7 nitrogen and oxygen atoms in total. The highest BCUT2D eigenvalue weighted by Crippen LogP contribution is 2.26. The molecule has 5 rings (SSSR count). The van der Waals surface area contributed by atoms with Gasteiger partial charge in [-0.25, -0.2) is 5.10 Å². The zero-order valence-corrected chi connectivity index (χ0v) is 18.2. The van der Waals surface area contributed by atoms with E-state index < -0.39 is 0 Å². The fourth-order valence-electron chi connectivity index (χ4n) is 3.62. The van der Waals surface area contributed by atoms with Crippen molar-refractivity contribution in [3.8, 4) is 5.88 Å². The van der Waals surface area contributed by atoms with Crippen LogP contribution in [-0.2, 0) is 19.6 Å². The van der Waals surface area contributed by atoms with Gasteiger partial charge >= 0.3 is 0 Å². The molecule has 0 aliphatic carbocycles. The van der Waals surface area contributed by atoms with E-state index in [2.05, 4.69) is 44.9 Å². The van der Waals surface area contributed by atoms with Crippen molar-refractivity contribution in [3.63, 3.8) is 0 Å². The van der Waals surface area contributed by atoms with Crippen LogP contribution in [0.5, 0.6) is 5.88 Å². The molecule has 0 bridgehead atoms. The first kappa shape index (κ1) is 20.3. The first-order chi connectivity index (χ1) is 15.8. The monoisotopic (exact) mass is 442 g/mol. The normalized spacial score (nSPS) is 11.2. The van der Waals surface area contributed by atoms with Crippen molar-refractivity contribution in [2.24, 2.45) is 0 Å². The number of aromatic nitrogens is 5. The maximum atomic E-state index is 6.07. The fraction of sp³-hybridized carbons (Fsp3) is 0.167. The van der Waals surface area contributed by atoms with Crippen molar-refractivity contribution in [2.75, 3.05) is 6.54 Å². The molecule has 0 unspecified atom stereocenters. The van der Waals surface area contributed by atoms with Crippen molar-refractivity contribution >= 4 is 28.6 Å². The summed E-state index contributed by atoms with van der Waals surface area (Å²) in [6, 6.07) is 24.3. The Bertz CT molecular complexity index is 1410. The Kier molecular flexibility index (Phi) is 5.87. The van der Waals surface area contributed by atoms with E-state index >= 15 is 0 Å². The molecular weight excluding hydrogens is 420 g/mol. The van der Waals surface area contributed by atoms with Crippen LogP contribution in [0.1, 0.15) is 17.0 Å². The quantitative estimate of drug-likeness (QED) is 0.276. The zero-order valence-electron chi connectivity index (χ0n) is 17.4. The minimum absolute atomic E-state index is 0.311. The molecule has 0 amide bonds. The smallest absolute Gasteiger partial charge is 0.240 e. The lowest BCUT2D eigenvalue weighted by Crippen LogP contribution is -2.17. The summed E-state index contributed by atoms with van der Waals surface area (Å²) in [6.45, 7) is 1.91. The molecule has 160 valence electrons. The van der Waals surface area contributed by atoms with Crippen LogP contribution in [-0.4, -0.2) is 31.3 Å². The molecule has 0 saturated carbocycles. The third-order valence-corrected chi connectivity index (χ3v) is 5.46. The van der Waals surface area contributed by atoms with Crippen molar-refractivity contribution in [1.29, 1.82) is 0 Å². The summed E-state index contributed by atoms with van der Waals surface area (Å²) in [5.74, 6) is 0.499. The van der Waals surface area contributed by atoms with Crippen LogP contribution in [0, 0.1) is 4.77 Å². The first-order valence-corrected chi connectivity index (χ1v) is 10.9. The van der Waals surface area contributed by atoms with E-state index in [0.717, 1.165) is 35.1 Å². The highest BCUT2D eigenvalue weighted by molar-refractivity contribution is 7.71. The van der Waals surface area contributed by atoms with Crippen LogP contribution in [0.3, 0.4) is 0 Å². The Balaban J connectivity index is 1.26. The summed E-state index contributed by atoms with van der Waals surface area (Å²) in [6.07, 6.45) is 0.987. The number of benzene rings is 2. The molecular formula is C24H22N6OS. The van der Waals surface area contributed by atoms with Crippen LogP contribution in [0.25, 0.3) is 16.4 Å². The number of hydrogen-bond acceptors (Lipinski definition) is 6. The number of hydrogen-bond donors (Lipinski definition) is 2. The van der Waals surface area contributed by atoms with Crippen molar-refractivity contribution in [2.45, 2.75) is 19.6 Å². The number of fused-ring (bicyclic) bond motifs is 3. The third-order valence-electron chi connectivity index (χ3n) is 5.20. The number of nitrogens with zero attached hydrogens (tertiary/aromatic N) is 4. The molecule has 3 aromatic heterocycles. The lowest BCUT2D eigenvalue weighted by atomic mass is 10.1. The van der Waals surface area contributed by atoms with Crippen LogP contribution in [0.4, 0.5) is 0 Å². The Morgan fingerprint density at radius 2 is 1.69 bits per heavy atom. The van der Waals surface area contributed by atoms with E-state index in [1.807, 2.05) is 48.5 Å². The van der Waals surface area contributed by atoms with Gasteiger partial charge in [-0.3, -0.25) is 4.98 Å². The Labute approximate surface area is 190 Å². The number of H-pyrrole nitrogens is 1. The van der Waals surface area contributed by atoms with Gasteiger partial charge < -0.3 is 10.1 Å². The zero-order chi connectivity index (χ0) is 21.8. The second-order valence-corrected chi connectivity index (χ2v) is 7.82. The van der Waals surface area contributed by atoms with Gasteiger partial charge in [0.05, 0.1) is 11.4 Å². The summed E-state index contributed by atoms with van der Waals surface area (Å²) >= 11 is 5.29. The van der Waals surface area contributed by atoms with E-state index in [-0.39, 0.29) is 0 Å². The van der Waals surface area contributed by atoms with Gasteiger partial charge in [-0.2, -0.15) is 9.61 Å². The van der Waals surface area contributed by atoms with Crippen LogP contribution >= 0.6 is 12.2 Å². The number of pyridine rings is 1. The maximum Gasteiger partial charge on any atom is 0.240 e. The van der Waals surface area contributed by atoms with Crippen LogP contribution in [0.15, 0.2) is 72.8 Å². The molecule has 3 heterocycles. The van der Waals surface area contributed by atoms with E-state index in [9.17, 15) is 0 Å². The number of nitrogens with one attached hydrogen (secondary N) is 2. The van der Waals surface area contributed by atoms with Crippen molar-refractivity contribution in [3.05, 3.63) is 94.5 Å². The largest absolute Gasteiger partial charge is 0.470 e. The molecule has 2 aromatic carbocycles. The molecule has 2 N–H and O–H groups in total. The molecule has 0 fully saturated rings. The standard InChI is InChI=1S/C24H22N6OS/c32-24-28-27-22-20-11-4-5-12-21(20)23(29-30(22)24)31-16-19-10-6-9-18(26-19)15-25-14-13-17-7-2-1-3-8-17/h1-12,25H,13-16H2,(H,28,32). The fourth-order valence-corrected chi connectivity index (χ4v) is 3.79. The predicted molar refractivity (Wildman–Crippen MR) is 126 cm³/mol. The Morgan fingerprint density at radius 3 is 2.56 bits per heavy atom. The van der Waals surface area contributed by atoms with Crippen molar-refractivity contribution in [1.82, 2.24) is 30.1 Å². The molecule has 0 radical (unpaired) electrons. The topological polar surface area (TPSA) is 80.1 Å². The average molecular weight is 443 g/mol. The summed E-state index contributed by atoms with van der Waals surface area (Å²) in [5, 5.41) is 16.9. The summed E-state index contributed by atoms with van der Waals surface area (Å²) < 4.78 is 8.09. The van der Waals surface area contributed by atoms with Gasteiger partial charge in [0.15, 0.2) is 5.65 Å². The van der Waals surface area contributed by atoms with Gasteiger partial charge in [-0.1, -0.05) is 54.6 Å². The molecule has 0 spiro atoms. The lowest BCUT2D eigenvalue weighted by Gasteiger charge is -2.10. The predicted octanol–water partition coefficient (Wildman–Crippen LogP) is 4.25. The van der Waals surface area contributed by atoms with Gasteiger partial charge in [0.2, 0.25) is 10.7 Å². The molecule has 0 atom stereocenters. The second-order valence-electron chi connectivity index (χ2n) is 7.44. The Morgan fingerprint density at radius 1 is 0.906 bits per heavy atom. The molecule has 32 heavy (non-hydrogen) atoms. The van der Waals surface area contributed by atoms with E-state index in [0.29, 0.717) is 29.4 Å². The summed E-state index contributed by atoms with van der Waals surface area (Å²) in [4.78, 5) is 4.72. The van der Waals surface area contributed by atoms with Gasteiger partial charge in [0.1, 0.15) is 6.61 Å². The minimum Gasteiger partial charge on any atom is -0.470 e. The maximum absolute atomic E-state index is 6.07. The van der Waals surface area contributed by atoms with E-state index in [4.69, 9.17) is 21.9 Å². The molecule has 0 aliphatic heterocycles. The highest BCUT2D eigenvalue weighted by atomic mass is 32.1. The lowest BCUT2D eigenvalue weighted by molar-refractivity contribution is 0.288. The minimum atomic E-state index is 0.311.